The van der Waals surface area contributed by atoms with Gasteiger partial charge in [-0.1, -0.05) is 19.9 Å². The van der Waals surface area contributed by atoms with Gasteiger partial charge in [-0.25, -0.2) is 0 Å². The van der Waals surface area contributed by atoms with Crippen molar-refractivity contribution in [2.75, 3.05) is 12.8 Å². The molecule has 0 saturated carbocycles. The number of nitrogen functional groups attached to an aromatic ring is 1. The standard InChI is InChI=1S/C13H19NO2/c1-9(2)7-8-11(15)10-5-4-6-12(16-3)13(10)14/h4-6,9H,7-8,14H2,1-3H3. The summed E-state index contributed by atoms with van der Waals surface area (Å²) in [7, 11) is 1.55. The van der Waals surface area contributed by atoms with E-state index in [0.717, 1.165) is 6.42 Å². The first-order valence-electron chi connectivity index (χ1n) is 5.52. The minimum atomic E-state index is 0.0881. The molecule has 0 atom stereocenters. The summed E-state index contributed by atoms with van der Waals surface area (Å²) in [5, 5.41) is 0. The lowest BCUT2D eigenvalue weighted by molar-refractivity contribution is 0.0976. The van der Waals surface area contributed by atoms with Gasteiger partial charge in [0.2, 0.25) is 0 Å². The van der Waals surface area contributed by atoms with E-state index in [9.17, 15) is 4.79 Å². The second kappa shape index (κ2) is 5.54. The molecule has 0 heterocycles. The molecule has 0 radical (unpaired) electrons. The molecular weight excluding hydrogens is 202 g/mol. The van der Waals surface area contributed by atoms with Crippen LogP contribution in [0.5, 0.6) is 5.75 Å². The number of methoxy groups -OCH3 is 1. The van der Waals surface area contributed by atoms with E-state index in [1.807, 2.05) is 0 Å². The van der Waals surface area contributed by atoms with Gasteiger partial charge in [0.1, 0.15) is 5.75 Å². The average Bonchev–Trinajstić information content (AvgIpc) is 2.26. The minimum Gasteiger partial charge on any atom is -0.495 e. The molecule has 0 aliphatic carbocycles. The highest BCUT2D eigenvalue weighted by atomic mass is 16.5. The largest absolute Gasteiger partial charge is 0.495 e. The number of rotatable bonds is 5. The van der Waals surface area contributed by atoms with Gasteiger partial charge in [0.05, 0.1) is 12.8 Å². The number of carbonyl (C=O) groups excluding carboxylic acids is 1. The molecule has 0 aliphatic rings. The molecule has 3 nitrogen and oxygen atoms in total. The van der Waals surface area contributed by atoms with E-state index in [1.54, 1.807) is 25.3 Å². The second-order valence-corrected chi connectivity index (χ2v) is 4.28. The number of ketones is 1. The van der Waals surface area contributed by atoms with Crippen molar-refractivity contribution in [3.8, 4) is 5.75 Å². The lowest BCUT2D eigenvalue weighted by Gasteiger charge is -2.09. The van der Waals surface area contributed by atoms with E-state index in [0.29, 0.717) is 29.3 Å². The Morgan fingerprint density at radius 2 is 2.12 bits per heavy atom. The fourth-order valence-corrected chi connectivity index (χ4v) is 1.52. The van der Waals surface area contributed by atoms with E-state index >= 15 is 0 Å². The van der Waals surface area contributed by atoms with Crippen LogP contribution in [0.25, 0.3) is 0 Å². The summed E-state index contributed by atoms with van der Waals surface area (Å²) in [4.78, 5) is 11.9. The third-order valence-electron chi connectivity index (χ3n) is 2.54. The number of ether oxygens (including phenoxy) is 1. The molecular formula is C13H19NO2. The molecule has 0 unspecified atom stereocenters. The molecule has 1 aromatic carbocycles. The van der Waals surface area contributed by atoms with Crippen LogP contribution in [0.15, 0.2) is 18.2 Å². The Bertz CT molecular complexity index is 372. The predicted molar refractivity (Wildman–Crippen MR) is 65.8 cm³/mol. The SMILES string of the molecule is COc1cccc(C(=O)CCC(C)C)c1N. The molecule has 16 heavy (non-hydrogen) atoms. The topological polar surface area (TPSA) is 52.3 Å². The summed E-state index contributed by atoms with van der Waals surface area (Å²) < 4.78 is 5.08. The molecule has 0 aromatic heterocycles. The Morgan fingerprint density at radius 3 is 2.69 bits per heavy atom. The Hall–Kier alpha value is -1.51. The molecule has 0 aliphatic heterocycles. The maximum atomic E-state index is 11.9. The fourth-order valence-electron chi connectivity index (χ4n) is 1.52. The van der Waals surface area contributed by atoms with E-state index in [-0.39, 0.29) is 5.78 Å². The van der Waals surface area contributed by atoms with Crippen LogP contribution in [-0.4, -0.2) is 12.9 Å². The summed E-state index contributed by atoms with van der Waals surface area (Å²) in [6, 6.07) is 5.30. The minimum absolute atomic E-state index is 0.0881. The number of benzene rings is 1. The van der Waals surface area contributed by atoms with Gasteiger partial charge in [0, 0.05) is 12.0 Å². The van der Waals surface area contributed by atoms with E-state index in [4.69, 9.17) is 10.5 Å². The Labute approximate surface area is 96.6 Å². The maximum Gasteiger partial charge on any atom is 0.165 e. The Kier molecular flexibility index (Phi) is 4.35. The molecule has 0 bridgehead atoms. The van der Waals surface area contributed by atoms with Gasteiger partial charge in [-0.3, -0.25) is 4.79 Å². The Morgan fingerprint density at radius 1 is 1.44 bits per heavy atom. The van der Waals surface area contributed by atoms with Crippen LogP contribution in [0.2, 0.25) is 0 Å². The second-order valence-electron chi connectivity index (χ2n) is 4.28. The van der Waals surface area contributed by atoms with Crippen LogP contribution >= 0.6 is 0 Å². The van der Waals surface area contributed by atoms with Gasteiger partial charge < -0.3 is 10.5 Å². The molecule has 88 valence electrons. The third-order valence-corrected chi connectivity index (χ3v) is 2.54. The van der Waals surface area contributed by atoms with Crippen molar-refractivity contribution in [1.82, 2.24) is 0 Å². The van der Waals surface area contributed by atoms with Gasteiger partial charge in [-0.15, -0.1) is 0 Å². The van der Waals surface area contributed by atoms with E-state index in [2.05, 4.69) is 13.8 Å². The molecule has 3 heteroatoms. The monoisotopic (exact) mass is 221 g/mol. The maximum absolute atomic E-state index is 11.9. The van der Waals surface area contributed by atoms with Crippen LogP contribution in [0.4, 0.5) is 5.69 Å². The number of hydrogen-bond acceptors (Lipinski definition) is 3. The van der Waals surface area contributed by atoms with Gasteiger partial charge in [-0.05, 0) is 24.5 Å². The molecule has 2 N–H and O–H groups in total. The number of carbonyl (C=O) groups is 1. The number of nitrogens with two attached hydrogens (primary N) is 1. The highest BCUT2D eigenvalue weighted by Gasteiger charge is 2.13. The number of Topliss-reactive ketones (excluding diaryl/α,β-unsaturated/α-hetero) is 1. The van der Waals surface area contributed by atoms with Crippen LogP contribution in [0, 0.1) is 5.92 Å². The first-order valence-corrected chi connectivity index (χ1v) is 5.52. The molecule has 0 amide bonds. The van der Waals surface area contributed by atoms with Gasteiger partial charge >= 0.3 is 0 Å². The summed E-state index contributed by atoms with van der Waals surface area (Å²) in [5.74, 6) is 1.18. The zero-order chi connectivity index (χ0) is 12.1. The van der Waals surface area contributed by atoms with Crippen molar-refractivity contribution < 1.29 is 9.53 Å². The molecule has 0 spiro atoms. The first kappa shape index (κ1) is 12.6. The summed E-state index contributed by atoms with van der Waals surface area (Å²) in [6.45, 7) is 4.20. The highest BCUT2D eigenvalue weighted by molar-refractivity contribution is 6.01. The average molecular weight is 221 g/mol. The van der Waals surface area contributed by atoms with Gasteiger partial charge in [0.15, 0.2) is 5.78 Å². The fraction of sp³-hybridized carbons (Fsp3) is 0.462. The molecule has 1 rings (SSSR count). The van der Waals surface area contributed by atoms with Crippen molar-refractivity contribution in [3.63, 3.8) is 0 Å². The lowest BCUT2D eigenvalue weighted by Crippen LogP contribution is -2.06. The van der Waals surface area contributed by atoms with Gasteiger partial charge in [0.25, 0.3) is 0 Å². The van der Waals surface area contributed by atoms with Crippen LogP contribution < -0.4 is 10.5 Å². The van der Waals surface area contributed by atoms with E-state index < -0.39 is 0 Å². The zero-order valence-electron chi connectivity index (χ0n) is 10.1. The lowest BCUT2D eigenvalue weighted by atomic mass is 10.00. The zero-order valence-corrected chi connectivity index (χ0v) is 10.1. The molecule has 1 aromatic rings. The van der Waals surface area contributed by atoms with Crippen LogP contribution in [-0.2, 0) is 0 Å². The van der Waals surface area contributed by atoms with E-state index in [1.165, 1.54) is 0 Å². The number of anilines is 1. The van der Waals surface area contributed by atoms with Crippen molar-refractivity contribution >= 4 is 11.5 Å². The number of para-hydroxylation sites is 1. The number of hydrogen-bond donors (Lipinski definition) is 1. The van der Waals surface area contributed by atoms with Crippen molar-refractivity contribution in [1.29, 1.82) is 0 Å². The van der Waals surface area contributed by atoms with Crippen molar-refractivity contribution in [2.24, 2.45) is 5.92 Å². The van der Waals surface area contributed by atoms with Crippen molar-refractivity contribution in [2.45, 2.75) is 26.7 Å². The smallest absolute Gasteiger partial charge is 0.165 e. The quantitative estimate of drug-likeness (QED) is 0.614. The van der Waals surface area contributed by atoms with Crippen LogP contribution in [0.3, 0.4) is 0 Å². The third kappa shape index (κ3) is 2.99. The summed E-state index contributed by atoms with van der Waals surface area (Å²) >= 11 is 0. The first-order chi connectivity index (χ1) is 7.56. The predicted octanol–water partition coefficient (Wildman–Crippen LogP) is 2.90. The summed E-state index contributed by atoms with van der Waals surface area (Å²) in [5.41, 5.74) is 6.87. The summed E-state index contributed by atoms with van der Waals surface area (Å²) in [6.07, 6.45) is 1.42. The van der Waals surface area contributed by atoms with Crippen molar-refractivity contribution in [3.05, 3.63) is 23.8 Å². The Balaban J connectivity index is 2.83. The van der Waals surface area contributed by atoms with Gasteiger partial charge in [-0.2, -0.15) is 0 Å². The normalized spacial score (nSPS) is 10.5. The molecule has 0 fully saturated rings. The van der Waals surface area contributed by atoms with Crippen LogP contribution in [0.1, 0.15) is 37.0 Å². The molecule has 0 saturated heterocycles. The highest BCUT2D eigenvalue weighted by Crippen LogP contribution is 2.26.